The zero-order chi connectivity index (χ0) is 13.2. The molecule has 3 nitrogen and oxygen atoms in total. The van der Waals surface area contributed by atoms with Gasteiger partial charge in [0.1, 0.15) is 5.75 Å². The van der Waals surface area contributed by atoms with E-state index in [1.165, 1.54) is 6.42 Å². The number of methoxy groups -OCH3 is 1. The number of benzene rings is 1. The molecule has 1 aliphatic carbocycles. The Hall–Kier alpha value is -0.930. The SMILES string of the molecule is COc1ccc(N(C)CC2(CO)CCC2)cc1Cl. The molecule has 18 heavy (non-hydrogen) atoms. The standard InChI is InChI=1S/C14H20ClNO2/c1-16(9-14(10-17)6-3-7-14)11-4-5-13(18-2)12(15)8-11/h4-5,8,17H,3,6-7,9-10H2,1-2H3. The van der Waals surface area contributed by atoms with E-state index in [-0.39, 0.29) is 12.0 Å². The number of hydrogen-bond acceptors (Lipinski definition) is 3. The molecule has 0 saturated heterocycles. The highest BCUT2D eigenvalue weighted by Gasteiger charge is 2.37. The summed E-state index contributed by atoms with van der Waals surface area (Å²) in [5.41, 5.74) is 1.14. The van der Waals surface area contributed by atoms with Gasteiger partial charge in [0.2, 0.25) is 0 Å². The smallest absolute Gasteiger partial charge is 0.137 e. The van der Waals surface area contributed by atoms with Gasteiger partial charge in [0, 0.05) is 24.7 Å². The average molecular weight is 270 g/mol. The monoisotopic (exact) mass is 269 g/mol. The minimum Gasteiger partial charge on any atom is -0.495 e. The van der Waals surface area contributed by atoms with Gasteiger partial charge in [-0.2, -0.15) is 0 Å². The van der Waals surface area contributed by atoms with E-state index in [0.29, 0.717) is 10.8 Å². The van der Waals surface area contributed by atoms with Gasteiger partial charge in [-0.25, -0.2) is 0 Å². The molecule has 1 aromatic carbocycles. The minimum absolute atomic E-state index is 0.0845. The molecule has 0 aliphatic heterocycles. The Morgan fingerprint density at radius 3 is 2.61 bits per heavy atom. The van der Waals surface area contributed by atoms with Crippen LogP contribution in [0.5, 0.6) is 5.75 Å². The number of halogens is 1. The maximum atomic E-state index is 9.50. The average Bonchev–Trinajstić information content (AvgIpc) is 2.33. The lowest BCUT2D eigenvalue weighted by Crippen LogP contribution is -2.43. The number of anilines is 1. The predicted octanol–water partition coefficient (Wildman–Crippen LogP) is 2.95. The summed E-state index contributed by atoms with van der Waals surface area (Å²) in [4.78, 5) is 2.15. The van der Waals surface area contributed by atoms with Crippen LogP contribution in [0.2, 0.25) is 5.02 Å². The van der Waals surface area contributed by atoms with Crippen molar-refractivity contribution in [2.75, 3.05) is 32.2 Å². The first-order valence-corrected chi connectivity index (χ1v) is 6.63. The molecule has 2 rings (SSSR count). The molecule has 4 heteroatoms. The molecule has 0 heterocycles. The third-order valence-corrected chi connectivity index (χ3v) is 4.19. The lowest BCUT2D eigenvalue weighted by molar-refractivity contribution is 0.0524. The fourth-order valence-corrected chi connectivity index (χ4v) is 2.78. The van der Waals surface area contributed by atoms with Crippen molar-refractivity contribution in [1.29, 1.82) is 0 Å². The van der Waals surface area contributed by atoms with Gasteiger partial charge in [-0.15, -0.1) is 0 Å². The third kappa shape index (κ3) is 2.57. The van der Waals surface area contributed by atoms with Crippen LogP contribution in [0.4, 0.5) is 5.69 Å². The van der Waals surface area contributed by atoms with E-state index in [1.807, 2.05) is 25.2 Å². The van der Waals surface area contributed by atoms with Crippen molar-refractivity contribution in [1.82, 2.24) is 0 Å². The molecule has 0 amide bonds. The minimum atomic E-state index is 0.0845. The Morgan fingerprint density at radius 1 is 1.44 bits per heavy atom. The Labute approximate surface area is 113 Å². The number of aliphatic hydroxyl groups is 1. The first kappa shape index (κ1) is 13.5. The van der Waals surface area contributed by atoms with Crippen LogP contribution in [0, 0.1) is 5.41 Å². The maximum absolute atomic E-state index is 9.50. The lowest BCUT2D eigenvalue weighted by Gasteiger charge is -2.43. The molecule has 0 spiro atoms. The Balaban J connectivity index is 2.09. The fraction of sp³-hybridized carbons (Fsp3) is 0.571. The summed E-state index contributed by atoms with van der Waals surface area (Å²) in [6, 6.07) is 5.78. The summed E-state index contributed by atoms with van der Waals surface area (Å²) in [6.45, 7) is 1.13. The number of nitrogens with zero attached hydrogens (tertiary/aromatic N) is 1. The van der Waals surface area contributed by atoms with Gasteiger partial charge in [0.05, 0.1) is 18.7 Å². The van der Waals surface area contributed by atoms with Crippen LogP contribution in [0.1, 0.15) is 19.3 Å². The van der Waals surface area contributed by atoms with E-state index < -0.39 is 0 Å². The van der Waals surface area contributed by atoms with Crippen molar-refractivity contribution >= 4 is 17.3 Å². The number of ether oxygens (including phenoxy) is 1. The summed E-state index contributed by atoms with van der Waals surface area (Å²) in [5, 5.41) is 10.1. The largest absolute Gasteiger partial charge is 0.495 e. The van der Waals surface area contributed by atoms with Gasteiger partial charge in [0.25, 0.3) is 0 Å². The summed E-state index contributed by atoms with van der Waals surface area (Å²) in [7, 11) is 3.65. The number of hydrogen-bond donors (Lipinski definition) is 1. The van der Waals surface area contributed by atoms with Gasteiger partial charge in [0.15, 0.2) is 0 Å². The molecule has 100 valence electrons. The fourth-order valence-electron chi connectivity index (χ4n) is 2.53. The highest BCUT2D eigenvalue weighted by molar-refractivity contribution is 6.32. The van der Waals surface area contributed by atoms with Crippen molar-refractivity contribution < 1.29 is 9.84 Å². The van der Waals surface area contributed by atoms with Crippen molar-refractivity contribution in [3.05, 3.63) is 23.2 Å². The molecule has 1 aromatic rings. The Bertz CT molecular complexity index is 413. The molecule has 0 aromatic heterocycles. The first-order chi connectivity index (χ1) is 8.60. The zero-order valence-electron chi connectivity index (χ0n) is 10.9. The van der Waals surface area contributed by atoms with Crippen LogP contribution in [-0.4, -0.2) is 32.4 Å². The molecule has 1 N–H and O–H groups in total. The van der Waals surface area contributed by atoms with E-state index in [9.17, 15) is 5.11 Å². The molecule has 0 atom stereocenters. The topological polar surface area (TPSA) is 32.7 Å². The van der Waals surface area contributed by atoms with E-state index in [4.69, 9.17) is 16.3 Å². The summed E-state index contributed by atoms with van der Waals surface area (Å²) in [5.74, 6) is 0.689. The van der Waals surface area contributed by atoms with Gasteiger partial charge in [-0.05, 0) is 31.0 Å². The second-order valence-electron chi connectivity index (χ2n) is 5.19. The van der Waals surface area contributed by atoms with Gasteiger partial charge in [-0.3, -0.25) is 0 Å². The second-order valence-corrected chi connectivity index (χ2v) is 5.59. The summed E-state index contributed by atoms with van der Waals surface area (Å²) >= 11 is 6.13. The van der Waals surface area contributed by atoms with E-state index in [2.05, 4.69) is 4.90 Å². The highest BCUT2D eigenvalue weighted by Crippen LogP contribution is 2.41. The van der Waals surface area contributed by atoms with Gasteiger partial charge < -0.3 is 14.7 Å². The van der Waals surface area contributed by atoms with E-state index in [0.717, 1.165) is 25.1 Å². The molecular formula is C14H20ClNO2. The van der Waals surface area contributed by atoms with Crippen molar-refractivity contribution in [3.8, 4) is 5.75 Å². The third-order valence-electron chi connectivity index (χ3n) is 3.90. The molecule has 0 unspecified atom stereocenters. The normalized spacial score (nSPS) is 17.1. The van der Waals surface area contributed by atoms with Crippen LogP contribution >= 0.6 is 11.6 Å². The van der Waals surface area contributed by atoms with Gasteiger partial charge in [-0.1, -0.05) is 18.0 Å². The lowest BCUT2D eigenvalue weighted by atomic mass is 9.69. The van der Waals surface area contributed by atoms with Crippen molar-refractivity contribution in [2.45, 2.75) is 19.3 Å². The quantitative estimate of drug-likeness (QED) is 0.892. The molecule has 0 bridgehead atoms. The van der Waals surface area contributed by atoms with E-state index >= 15 is 0 Å². The molecule has 1 aliphatic rings. The number of rotatable bonds is 5. The zero-order valence-corrected chi connectivity index (χ0v) is 11.7. The van der Waals surface area contributed by atoms with Crippen LogP contribution < -0.4 is 9.64 Å². The van der Waals surface area contributed by atoms with Crippen molar-refractivity contribution in [2.24, 2.45) is 5.41 Å². The predicted molar refractivity (Wildman–Crippen MR) is 74.6 cm³/mol. The van der Waals surface area contributed by atoms with Crippen LogP contribution in [0.25, 0.3) is 0 Å². The van der Waals surface area contributed by atoms with Crippen LogP contribution in [0.15, 0.2) is 18.2 Å². The van der Waals surface area contributed by atoms with Crippen LogP contribution in [0.3, 0.4) is 0 Å². The second kappa shape index (κ2) is 5.37. The Kier molecular flexibility index (Phi) is 4.03. The van der Waals surface area contributed by atoms with Crippen molar-refractivity contribution in [3.63, 3.8) is 0 Å². The highest BCUT2D eigenvalue weighted by atomic mass is 35.5. The molecule has 0 radical (unpaired) electrons. The molecular weight excluding hydrogens is 250 g/mol. The van der Waals surface area contributed by atoms with Gasteiger partial charge >= 0.3 is 0 Å². The first-order valence-electron chi connectivity index (χ1n) is 6.26. The Morgan fingerprint density at radius 2 is 2.17 bits per heavy atom. The maximum Gasteiger partial charge on any atom is 0.137 e. The molecule has 1 saturated carbocycles. The number of aliphatic hydroxyl groups excluding tert-OH is 1. The summed E-state index contributed by atoms with van der Waals surface area (Å²) < 4.78 is 5.14. The van der Waals surface area contributed by atoms with E-state index in [1.54, 1.807) is 7.11 Å². The summed E-state index contributed by atoms with van der Waals surface area (Å²) in [6.07, 6.45) is 3.44. The van der Waals surface area contributed by atoms with Crippen LogP contribution in [-0.2, 0) is 0 Å². The molecule has 1 fully saturated rings.